The summed E-state index contributed by atoms with van der Waals surface area (Å²) in [4.78, 5) is 0. The highest BCUT2D eigenvalue weighted by atomic mass is 16.7. The van der Waals surface area contributed by atoms with E-state index < -0.39 is 0 Å². The molecule has 0 aromatic heterocycles. The van der Waals surface area contributed by atoms with Gasteiger partial charge in [-0.1, -0.05) is 30.4 Å². The zero-order valence-electron chi connectivity index (χ0n) is 19.0. The molecule has 3 aliphatic rings. The van der Waals surface area contributed by atoms with Crippen LogP contribution in [0.2, 0.25) is 0 Å². The molecule has 3 rings (SSSR count). The molecular formula is C24H39NO5. The van der Waals surface area contributed by atoms with Crippen molar-refractivity contribution < 1.29 is 24.1 Å². The van der Waals surface area contributed by atoms with E-state index in [0.717, 1.165) is 38.0 Å². The number of rotatable bonds is 9. The first kappa shape index (κ1) is 23.5. The minimum absolute atomic E-state index is 0.0460. The summed E-state index contributed by atoms with van der Waals surface area (Å²) in [5.41, 5.74) is 1.99. The lowest BCUT2D eigenvalue weighted by atomic mass is 9.85. The molecule has 0 aromatic rings. The maximum atomic E-state index is 9.37. The van der Waals surface area contributed by atoms with Crippen LogP contribution in [0.25, 0.3) is 0 Å². The zero-order chi connectivity index (χ0) is 21.8. The molecule has 30 heavy (non-hydrogen) atoms. The molecule has 0 unspecified atom stereocenters. The number of hydrogen-bond acceptors (Lipinski definition) is 6. The molecule has 3 fully saturated rings. The smallest absolute Gasteiger partial charge is 0.161 e. The normalized spacial score (nSPS) is 34.8. The minimum atomic E-state index is -0.310. The third-order valence-corrected chi connectivity index (χ3v) is 5.79. The van der Waals surface area contributed by atoms with Crippen LogP contribution in [0.3, 0.4) is 0 Å². The van der Waals surface area contributed by atoms with E-state index in [2.05, 4.69) is 50.9 Å². The molecule has 0 radical (unpaired) electrons. The summed E-state index contributed by atoms with van der Waals surface area (Å²) < 4.78 is 23.6. The fourth-order valence-corrected chi connectivity index (χ4v) is 4.25. The van der Waals surface area contributed by atoms with Crippen molar-refractivity contribution in [2.24, 2.45) is 0 Å². The van der Waals surface area contributed by atoms with Gasteiger partial charge in [0.15, 0.2) is 6.29 Å². The lowest BCUT2D eigenvalue weighted by molar-refractivity contribution is -0.186. The summed E-state index contributed by atoms with van der Waals surface area (Å²) in [5.74, 6) is 0. The van der Waals surface area contributed by atoms with E-state index >= 15 is 0 Å². The number of aliphatic hydroxyl groups is 1. The number of allylic oxidation sites excluding steroid dienone is 3. The van der Waals surface area contributed by atoms with Crippen LogP contribution < -0.4 is 5.32 Å². The molecule has 3 heterocycles. The van der Waals surface area contributed by atoms with Gasteiger partial charge < -0.3 is 29.4 Å². The molecule has 1 spiro atoms. The van der Waals surface area contributed by atoms with Crippen LogP contribution in [-0.2, 0) is 18.9 Å². The van der Waals surface area contributed by atoms with E-state index in [4.69, 9.17) is 18.9 Å². The van der Waals surface area contributed by atoms with Gasteiger partial charge in [0.05, 0.1) is 49.3 Å². The van der Waals surface area contributed by atoms with E-state index in [9.17, 15) is 5.11 Å². The summed E-state index contributed by atoms with van der Waals surface area (Å²) in [7, 11) is 0. The Hall–Kier alpha value is -1.18. The van der Waals surface area contributed by atoms with Crippen molar-refractivity contribution in [1.82, 2.24) is 5.32 Å². The van der Waals surface area contributed by atoms with Gasteiger partial charge in [0.25, 0.3) is 0 Å². The highest BCUT2D eigenvalue weighted by molar-refractivity contribution is 5.19. The minimum Gasteiger partial charge on any atom is -0.393 e. The highest BCUT2D eigenvalue weighted by Gasteiger charge is 2.53. The number of ether oxygens (including phenoxy) is 4. The van der Waals surface area contributed by atoms with Gasteiger partial charge in [0.1, 0.15) is 0 Å². The molecule has 3 saturated heterocycles. The van der Waals surface area contributed by atoms with Crippen molar-refractivity contribution in [3.05, 3.63) is 36.1 Å². The van der Waals surface area contributed by atoms with E-state index in [1.807, 2.05) is 0 Å². The fraction of sp³-hybridized carbons (Fsp3) is 0.750. The second kappa shape index (κ2) is 9.96. The van der Waals surface area contributed by atoms with Crippen molar-refractivity contribution in [3.8, 4) is 0 Å². The van der Waals surface area contributed by atoms with Gasteiger partial charge in [-0.05, 0) is 40.5 Å². The first-order chi connectivity index (χ1) is 14.1. The Morgan fingerprint density at radius 3 is 2.63 bits per heavy atom. The quantitative estimate of drug-likeness (QED) is 0.438. The standard InChI is InChI=1S/C24H39NO5/c1-17(6-10-21-12-24(16-29-24)15-23(4,5)30-21)7-11-22-27-13-20(14-28-22)25-18(2)8-9-19(3)26/h6-7,10,19-22,25-26H,2,8-9,11-16H2,1,3-5H3/b10-6+,17-7+/t19-,20-,21+,22+,24+/m0/s1. The molecule has 6 nitrogen and oxygen atoms in total. The Balaban J connectivity index is 1.37. The molecule has 2 N–H and O–H groups in total. The second-order valence-electron chi connectivity index (χ2n) is 9.74. The molecule has 0 amide bonds. The predicted octanol–water partition coefficient (Wildman–Crippen LogP) is 3.61. The van der Waals surface area contributed by atoms with Gasteiger partial charge in [-0.3, -0.25) is 0 Å². The Morgan fingerprint density at radius 1 is 1.30 bits per heavy atom. The molecule has 0 bridgehead atoms. The Bertz CT molecular complexity index is 636. The average Bonchev–Trinajstić information content (AvgIpc) is 3.40. The summed E-state index contributed by atoms with van der Waals surface area (Å²) >= 11 is 0. The van der Waals surface area contributed by atoms with Crippen LogP contribution in [-0.4, -0.2) is 60.7 Å². The van der Waals surface area contributed by atoms with E-state index in [0.29, 0.717) is 19.6 Å². The zero-order valence-corrected chi connectivity index (χ0v) is 19.0. The molecule has 0 aromatic carbocycles. The number of aliphatic hydroxyl groups excluding tert-OH is 1. The molecule has 3 atom stereocenters. The van der Waals surface area contributed by atoms with Crippen molar-refractivity contribution in [2.75, 3.05) is 19.8 Å². The van der Waals surface area contributed by atoms with Gasteiger partial charge in [-0.2, -0.15) is 0 Å². The maximum absolute atomic E-state index is 9.37. The Labute approximate surface area is 181 Å². The third-order valence-electron chi connectivity index (χ3n) is 5.79. The van der Waals surface area contributed by atoms with Gasteiger partial charge in [0, 0.05) is 25.0 Å². The molecular weight excluding hydrogens is 382 g/mol. The van der Waals surface area contributed by atoms with Gasteiger partial charge in [-0.15, -0.1) is 0 Å². The van der Waals surface area contributed by atoms with Crippen LogP contribution in [0.15, 0.2) is 36.1 Å². The number of hydrogen-bond donors (Lipinski definition) is 2. The lowest BCUT2D eigenvalue weighted by Crippen LogP contribution is -2.44. The first-order valence-electron chi connectivity index (χ1n) is 11.2. The Kier molecular flexibility index (Phi) is 7.80. The Morgan fingerprint density at radius 2 is 2.00 bits per heavy atom. The van der Waals surface area contributed by atoms with E-state index in [1.165, 1.54) is 5.57 Å². The summed E-state index contributed by atoms with van der Waals surface area (Å²) in [6.07, 6.45) is 10.1. The van der Waals surface area contributed by atoms with Crippen molar-refractivity contribution in [3.63, 3.8) is 0 Å². The van der Waals surface area contributed by atoms with Gasteiger partial charge in [0.2, 0.25) is 0 Å². The van der Waals surface area contributed by atoms with Crippen molar-refractivity contribution in [2.45, 2.75) is 95.5 Å². The van der Waals surface area contributed by atoms with Gasteiger partial charge in [-0.25, -0.2) is 0 Å². The number of nitrogens with one attached hydrogen (secondary N) is 1. The van der Waals surface area contributed by atoms with Crippen molar-refractivity contribution >= 4 is 0 Å². The molecule has 170 valence electrons. The monoisotopic (exact) mass is 421 g/mol. The summed E-state index contributed by atoms with van der Waals surface area (Å²) in [6.45, 7) is 14.2. The highest BCUT2D eigenvalue weighted by Crippen LogP contribution is 2.46. The van der Waals surface area contributed by atoms with Crippen LogP contribution in [0, 0.1) is 0 Å². The summed E-state index contributed by atoms with van der Waals surface area (Å²) in [5, 5.41) is 12.7. The van der Waals surface area contributed by atoms with Crippen molar-refractivity contribution in [1.29, 1.82) is 0 Å². The second-order valence-corrected chi connectivity index (χ2v) is 9.74. The number of epoxide rings is 1. The summed E-state index contributed by atoms with van der Waals surface area (Å²) in [6, 6.07) is 0.108. The third kappa shape index (κ3) is 7.50. The van der Waals surface area contributed by atoms with Crippen LogP contribution >= 0.6 is 0 Å². The molecule has 3 aliphatic heterocycles. The predicted molar refractivity (Wildman–Crippen MR) is 117 cm³/mol. The fourth-order valence-electron chi connectivity index (χ4n) is 4.25. The van der Waals surface area contributed by atoms with Gasteiger partial charge >= 0.3 is 0 Å². The van der Waals surface area contributed by atoms with Crippen LogP contribution in [0.5, 0.6) is 0 Å². The molecule has 6 heteroatoms. The topological polar surface area (TPSA) is 72.5 Å². The largest absolute Gasteiger partial charge is 0.393 e. The van der Waals surface area contributed by atoms with E-state index in [1.54, 1.807) is 6.92 Å². The molecule has 0 saturated carbocycles. The van der Waals surface area contributed by atoms with E-state index in [-0.39, 0.29) is 35.7 Å². The SMILES string of the molecule is C=C(CC[C@H](C)O)N[C@H]1CO[C@@H](C/C=C(C)/C=C/[C@@H]2C[C@]3(CO3)CC(C)(C)O2)OC1. The maximum Gasteiger partial charge on any atom is 0.161 e. The molecule has 0 aliphatic carbocycles. The lowest BCUT2D eigenvalue weighted by Gasteiger charge is -2.38. The van der Waals surface area contributed by atoms with Crippen LogP contribution in [0.4, 0.5) is 0 Å². The average molecular weight is 422 g/mol. The van der Waals surface area contributed by atoms with Crippen LogP contribution in [0.1, 0.15) is 59.8 Å². The first-order valence-corrected chi connectivity index (χ1v) is 11.2.